The number of nitrogens with zero attached hydrogens (tertiary/aromatic N) is 3. The first-order valence-electron chi connectivity index (χ1n) is 8.95. The third kappa shape index (κ3) is 5.45. The Labute approximate surface area is 188 Å². The maximum absolute atomic E-state index is 12.5. The number of carbonyl (C=O) groups is 1. The van der Waals surface area contributed by atoms with Gasteiger partial charge in [-0.05, 0) is 55.8 Å². The van der Waals surface area contributed by atoms with Crippen molar-refractivity contribution in [2.45, 2.75) is 37.3 Å². The Hall–Kier alpha value is -1.73. The fourth-order valence-electron chi connectivity index (χ4n) is 2.75. The molecule has 0 saturated carbocycles. The lowest BCUT2D eigenvalue weighted by Crippen LogP contribution is -2.28. The molecule has 29 heavy (non-hydrogen) atoms. The van der Waals surface area contributed by atoms with Gasteiger partial charge in [-0.3, -0.25) is 4.79 Å². The minimum Gasteiger partial charge on any atom is -0.342 e. The maximum Gasteiger partial charge on any atom is 0.251 e. The lowest BCUT2D eigenvalue weighted by Gasteiger charge is -2.15. The first-order chi connectivity index (χ1) is 13.9. The van der Waals surface area contributed by atoms with E-state index < -0.39 is 0 Å². The Balaban J connectivity index is 1.70. The van der Waals surface area contributed by atoms with Gasteiger partial charge in [0.15, 0.2) is 11.0 Å². The number of amides is 1. The molecule has 1 N–H and O–H groups in total. The molecule has 0 aliphatic heterocycles. The van der Waals surface area contributed by atoms with Gasteiger partial charge in [0.2, 0.25) is 0 Å². The van der Waals surface area contributed by atoms with E-state index in [2.05, 4.69) is 15.5 Å². The van der Waals surface area contributed by atoms with Crippen molar-refractivity contribution in [3.63, 3.8) is 0 Å². The van der Waals surface area contributed by atoms with E-state index in [-0.39, 0.29) is 11.9 Å². The van der Waals surface area contributed by atoms with Gasteiger partial charge in [0.1, 0.15) is 0 Å². The van der Waals surface area contributed by atoms with E-state index in [0.717, 1.165) is 10.7 Å². The molecule has 1 amide bonds. The Morgan fingerprint density at radius 1 is 1.10 bits per heavy atom. The van der Waals surface area contributed by atoms with Gasteiger partial charge in [-0.15, -0.1) is 10.2 Å². The number of rotatable bonds is 7. The second-order valence-electron chi connectivity index (χ2n) is 6.31. The maximum atomic E-state index is 12.5. The Morgan fingerprint density at radius 3 is 2.45 bits per heavy atom. The van der Waals surface area contributed by atoms with Crippen LogP contribution in [0.3, 0.4) is 0 Å². The summed E-state index contributed by atoms with van der Waals surface area (Å²) in [7, 11) is 0. The number of nitrogens with one attached hydrogen (secondary N) is 1. The molecule has 0 aliphatic rings. The molecule has 0 radical (unpaired) electrons. The summed E-state index contributed by atoms with van der Waals surface area (Å²) in [4.78, 5) is 12.5. The fourth-order valence-corrected chi connectivity index (χ4v) is 4.45. The van der Waals surface area contributed by atoms with Crippen LogP contribution in [0.4, 0.5) is 0 Å². The highest BCUT2D eigenvalue weighted by Gasteiger charge is 2.20. The van der Waals surface area contributed by atoms with Crippen molar-refractivity contribution >= 4 is 52.5 Å². The van der Waals surface area contributed by atoms with Gasteiger partial charge in [-0.2, -0.15) is 0 Å². The van der Waals surface area contributed by atoms with Gasteiger partial charge in [0.05, 0.1) is 6.04 Å². The van der Waals surface area contributed by atoms with Crippen LogP contribution in [0.25, 0.3) is 0 Å². The number of hydrogen-bond acceptors (Lipinski definition) is 4. The van der Waals surface area contributed by atoms with E-state index in [1.807, 2.05) is 30.5 Å². The first kappa shape index (κ1) is 22.0. The summed E-state index contributed by atoms with van der Waals surface area (Å²) < 4.78 is 1.99. The molecule has 2 aromatic carbocycles. The molecule has 0 unspecified atom stereocenters. The zero-order valence-electron chi connectivity index (χ0n) is 15.8. The molecule has 0 spiro atoms. The Kier molecular flexibility index (Phi) is 7.46. The van der Waals surface area contributed by atoms with Crippen molar-refractivity contribution in [1.82, 2.24) is 20.1 Å². The largest absolute Gasteiger partial charge is 0.342 e. The minimum atomic E-state index is -0.306. The highest BCUT2D eigenvalue weighted by molar-refractivity contribution is 7.98. The topological polar surface area (TPSA) is 59.8 Å². The second-order valence-corrected chi connectivity index (χ2v) is 8.53. The third-order valence-electron chi connectivity index (χ3n) is 4.27. The van der Waals surface area contributed by atoms with Crippen molar-refractivity contribution in [2.75, 3.05) is 0 Å². The second kappa shape index (κ2) is 9.85. The predicted molar refractivity (Wildman–Crippen MR) is 119 cm³/mol. The fraction of sp³-hybridized carbons (Fsp3) is 0.250. The molecule has 0 fully saturated rings. The van der Waals surface area contributed by atoms with E-state index in [0.29, 0.717) is 38.8 Å². The van der Waals surface area contributed by atoms with E-state index >= 15 is 0 Å². The molecular weight excluding hydrogens is 451 g/mol. The van der Waals surface area contributed by atoms with Crippen molar-refractivity contribution in [2.24, 2.45) is 0 Å². The van der Waals surface area contributed by atoms with Crippen molar-refractivity contribution in [1.29, 1.82) is 0 Å². The van der Waals surface area contributed by atoms with Crippen LogP contribution >= 0.6 is 46.6 Å². The van der Waals surface area contributed by atoms with Gasteiger partial charge in [0.25, 0.3) is 5.91 Å². The quantitative estimate of drug-likeness (QED) is 0.428. The molecule has 0 bridgehead atoms. The molecule has 1 atom stereocenters. The first-order valence-corrected chi connectivity index (χ1v) is 11.1. The van der Waals surface area contributed by atoms with Gasteiger partial charge in [-0.1, -0.05) is 52.6 Å². The SMILES string of the molecule is CCn1c(SCc2ccc(Cl)cc2Cl)nnc1[C@@H](C)NC(=O)c1ccc(Cl)cc1. The molecule has 5 nitrogen and oxygen atoms in total. The molecule has 3 aromatic rings. The Bertz CT molecular complexity index is 1010. The summed E-state index contributed by atoms with van der Waals surface area (Å²) in [5, 5.41) is 14.1. The van der Waals surface area contributed by atoms with Crippen LogP contribution in [0.5, 0.6) is 0 Å². The van der Waals surface area contributed by atoms with Crippen LogP contribution in [0.15, 0.2) is 47.6 Å². The summed E-state index contributed by atoms with van der Waals surface area (Å²) in [6, 6.07) is 11.9. The molecule has 1 heterocycles. The van der Waals surface area contributed by atoms with Crippen LogP contribution in [0.2, 0.25) is 15.1 Å². The number of aromatic nitrogens is 3. The average molecular weight is 470 g/mol. The summed E-state index contributed by atoms with van der Waals surface area (Å²) in [6.07, 6.45) is 0. The third-order valence-corrected chi connectivity index (χ3v) is 6.13. The lowest BCUT2D eigenvalue weighted by atomic mass is 10.2. The Morgan fingerprint density at radius 2 is 1.79 bits per heavy atom. The van der Waals surface area contributed by atoms with E-state index in [4.69, 9.17) is 34.8 Å². The summed E-state index contributed by atoms with van der Waals surface area (Å²) in [5.74, 6) is 1.14. The van der Waals surface area contributed by atoms with E-state index in [9.17, 15) is 4.79 Å². The van der Waals surface area contributed by atoms with Crippen LogP contribution in [0, 0.1) is 0 Å². The zero-order valence-corrected chi connectivity index (χ0v) is 18.9. The molecule has 1 aromatic heterocycles. The zero-order chi connectivity index (χ0) is 21.0. The predicted octanol–water partition coefficient (Wildman–Crippen LogP) is 6.04. The molecule has 3 rings (SSSR count). The lowest BCUT2D eigenvalue weighted by molar-refractivity contribution is 0.0937. The van der Waals surface area contributed by atoms with Gasteiger partial charge >= 0.3 is 0 Å². The molecule has 152 valence electrons. The van der Waals surface area contributed by atoms with E-state index in [1.54, 1.807) is 30.3 Å². The highest BCUT2D eigenvalue weighted by Crippen LogP contribution is 2.29. The van der Waals surface area contributed by atoms with E-state index in [1.165, 1.54) is 11.8 Å². The van der Waals surface area contributed by atoms with Crippen molar-refractivity contribution in [3.05, 3.63) is 74.5 Å². The van der Waals surface area contributed by atoms with Crippen molar-refractivity contribution in [3.8, 4) is 0 Å². The summed E-state index contributed by atoms with van der Waals surface area (Å²) in [5.41, 5.74) is 1.51. The minimum absolute atomic E-state index is 0.193. The van der Waals surface area contributed by atoms with Gasteiger partial charge in [0, 0.05) is 32.9 Å². The summed E-state index contributed by atoms with van der Waals surface area (Å²) in [6.45, 7) is 4.58. The molecule has 9 heteroatoms. The van der Waals surface area contributed by atoms with Crippen molar-refractivity contribution < 1.29 is 4.79 Å². The van der Waals surface area contributed by atoms with Gasteiger partial charge < -0.3 is 9.88 Å². The van der Waals surface area contributed by atoms with Crippen LogP contribution in [0.1, 0.15) is 41.6 Å². The molecule has 0 saturated heterocycles. The molecule has 0 aliphatic carbocycles. The number of benzene rings is 2. The normalized spacial score (nSPS) is 12.0. The number of thioether (sulfide) groups is 1. The number of halogens is 3. The number of hydrogen-bond donors (Lipinski definition) is 1. The molecular formula is C20H19Cl3N4OS. The van der Waals surface area contributed by atoms with Gasteiger partial charge in [-0.25, -0.2) is 0 Å². The highest BCUT2D eigenvalue weighted by atomic mass is 35.5. The smallest absolute Gasteiger partial charge is 0.251 e. The van der Waals surface area contributed by atoms with Crippen LogP contribution in [-0.2, 0) is 12.3 Å². The standard InChI is InChI=1S/C20H19Cl3N4OS/c1-3-27-18(12(2)24-19(28)13-4-7-15(21)8-5-13)25-26-20(27)29-11-14-6-9-16(22)10-17(14)23/h4-10,12H,3,11H2,1-2H3,(H,24,28)/t12-/m1/s1. The number of carbonyl (C=O) groups excluding carboxylic acids is 1. The van der Waals surface area contributed by atoms with Crippen LogP contribution < -0.4 is 5.32 Å². The van der Waals surface area contributed by atoms with Crippen LogP contribution in [-0.4, -0.2) is 20.7 Å². The summed E-state index contributed by atoms with van der Waals surface area (Å²) >= 11 is 19.6. The average Bonchev–Trinajstić information content (AvgIpc) is 3.10. The monoisotopic (exact) mass is 468 g/mol.